The fourth-order valence-corrected chi connectivity index (χ4v) is 2.54. The summed E-state index contributed by atoms with van der Waals surface area (Å²) >= 11 is 6.35. The predicted molar refractivity (Wildman–Crippen MR) is 92.3 cm³/mol. The van der Waals surface area contributed by atoms with Crippen LogP contribution in [0.25, 0.3) is 0 Å². The number of aliphatic hydroxyl groups is 1. The average Bonchev–Trinajstić information content (AvgIpc) is 2.55. The number of aryl methyl sites for hydroxylation is 1. The van der Waals surface area contributed by atoms with Gasteiger partial charge in [-0.25, -0.2) is 0 Å². The Morgan fingerprint density at radius 2 is 2.00 bits per heavy atom. The molecule has 0 saturated carbocycles. The summed E-state index contributed by atoms with van der Waals surface area (Å²) in [5, 5.41) is 12.4. The number of halogens is 1. The topological polar surface area (TPSA) is 50.7 Å². The molecule has 0 spiro atoms. The smallest absolute Gasteiger partial charge is 0.180 e. The monoisotopic (exact) mass is 335 g/mol. The average molecular weight is 336 g/mol. The SMILES string of the molecule is COc1cc(CNCCO)cc(Cl)c1OCc1ccccc1C. The molecule has 23 heavy (non-hydrogen) atoms. The molecule has 0 unspecified atom stereocenters. The summed E-state index contributed by atoms with van der Waals surface area (Å²) in [6.07, 6.45) is 0. The van der Waals surface area contributed by atoms with E-state index in [-0.39, 0.29) is 6.61 Å². The molecule has 2 aromatic carbocycles. The Morgan fingerprint density at radius 1 is 1.22 bits per heavy atom. The van der Waals surface area contributed by atoms with Crippen LogP contribution in [0.4, 0.5) is 0 Å². The van der Waals surface area contributed by atoms with E-state index in [4.69, 9.17) is 26.2 Å². The molecule has 2 N–H and O–H groups in total. The lowest BCUT2D eigenvalue weighted by atomic mass is 10.1. The van der Waals surface area contributed by atoms with Crippen molar-refractivity contribution in [1.29, 1.82) is 0 Å². The van der Waals surface area contributed by atoms with Gasteiger partial charge in [0.1, 0.15) is 6.61 Å². The molecule has 0 aliphatic rings. The van der Waals surface area contributed by atoms with Gasteiger partial charge in [-0.2, -0.15) is 0 Å². The van der Waals surface area contributed by atoms with Gasteiger partial charge in [0.05, 0.1) is 18.7 Å². The summed E-state index contributed by atoms with van der Waals surface area (Å²) in [4.78, 5) is 0. The van der Waals surface area contributed by atoms with Gasteiger partial charge in [-0.1, -0.05) is 35.9 Å². The molecule has 0 heterocycles. The molecular formula is C18H22ClNO3. The molecule has 0 fully saturated rings. The minimum Gasteiger partial charge on any atom is -0.493 e. The van der Waals surface area contributed by atoms with Gasteiger partial charge in [0.15, 0.2) is 11.5 Å². The third kappa shape index (κ3) is 4.86. The van der Waals surface area contributed by atoms with Crippen molar-refractivity contribution in [1.82, 2.24) is 5.32 Å². The number of nitrogens with one attached hydrogen (secondary N) is 1. The first-order valence-corrected chi connectivity index (χ1v) is 7.88. The maximum absolute atomic E-state index is 8.81. The van der Waals surface area contributed by atoms with Crippen molar-refractivity contribution in [3.63, 3.8) is 0 Å². The number of methoxy groups -OCH3 is 1. The van der Waals surface area contributed by atoms with E-state index in [2.05, 4.69) is 5.32 Å². The quantitative estimate of drug-likeness (QED) is 0.727. The van der Waals surface area contributed by atoms with Gasteiger partial charge in [-0.15, -0.1) is 0 Å². The van der Waals surface area contributed by atoms with Gasteiger partial charge in [0.2, 0.25) is 0 Å². The highest BCUT2D eigenvalue weighted by atomic mass is 35.5. The van der Waals surface area contributed by atoms with Crippen molar-refractivity contribution < 1.29 is 14.6 Å². The Morgan fingerprint density at radius 3 is 2.70 bits per heavy atom. The van der Waals surface area contributed by atoms with Crippen molar-refractivity contribution in [2.45, 2.75) is 20.1 Å². The zero-order valence-corrected chi connectivity index (χ0v) is 14.2. The lowest BCUT2D eigenvalue weighted by Gasteiger charge is -2.15. The van der Waals surface area contributed by atoms with Crippen LogP contribution in [0.3, 0.4) is 0 Å². The second-order valence-corrected chi connectivity index (χ2v) is 5.63. The second-order valence-electron chi connectivity index (χ2n) is 5.22. The molecule has 0 aromatic heterocycles. The van der Waals surface area contributed by atoms with E-state index in [1.807, 2.05) is 43.3 Å². The molecule has 0 aliphatic carbocycles. The summed E-state index contributed by atoms with van der Waals surface area (Å²) in [7, 11) is 1.59. The van der Waals surface area contributed by atoms with Crippen LogP contribution >= 0.6 is 11.6 Å². The van der Waals surface area contributed by atoms with E-state index < -0.39 is 0 Å². The first-order chi connectivity index (χ1) is 11.2. The zero-order valence-electron chi connectivity index (χ0n) is 13.4. The maximum Gasteiger partial charge on any atom is 0.180 e. The molecule has 0 radical (unpaired) electrons. The van der Waals surface area contributed by atoms with E-state index in [9.17, 15) is 0 Å². The van der Waals surface area contributed by atoms with Crippen LogP contribution in [0.1, 0.15) is 16.7 Å². The third-order valence-electron chi connectivity index (χ3n) is 3.54. The highest BCUT2D eigenvalue weighted by Gasteiger charge is 2.12. The Hall–Kier alpha value is -1.75. The molecule has 5 heteroatoms. The van der Waals surface area contributed by atoms with Gasteiger partial charge < -0.3 is 19.9 Å². The molecule has 2 rings (SSSR count). The molecule has 0 saturated heterocycles. The first-order valence-electron chi connectivity index (χ1n) is 7.51. The molecule has 124 valence electrons. The first kappa shape index (κ1) is 17.6. The van der Waals surface area contributed by atoms with Gasteiger partial charge in [-0.05, 0) is 35.7 Å². The summed E-state index contributed by atoms with van der Waals surface area (Å²) in [6, 6.07) is 11.8. The minimum absolute atomic E-state index is 0.0997. The predicted octanol–water partition coefficient (Wildman–Crippen LogP) is 3.32. The van der Waals surface area contributed by atoms with Crippen LogP contribution in [0, 0.1) is 6.92 Å². The zero-order chi connectivity index (χ0) is 16.7. The van der Waals surface area contributed by atoms with Crippen LogP contribution in [0.15, 0.2) is 36.4 Å². The van der Waals surface area contributed by atoms with Crippen molar-refractivity contribution >= 4 is 11.6 Å². The number of benzene rings is 2. The van der Waals surface area contributed by atoms with E-state index in [1.165, 1.54) is 5.56 Å². The number of ether oxygens (including phenoxy) is 2. The molecule has 0 amide bonds. The van der Waals surface area contributed by atoms with Crippen molar-refractivity contribution in [2.75, 3.05) is 20.3 Å². The lowest BCUT2D eigenvalue weighted by molar-refractivity contribution is 0.283. The van der Waals surface area contributed by atoms with E-state index in [1.54, 1.807) is 7.11 Å². The molecule has 0 bridgehead atoms. The summed E-state index contributed by atoms with van der Waals surface area (Å²) < 4.78 is 11.3. The third-order valence-corrected chi connectivity index (χ3v) is 3.82. The van der Waals surface area contributed by atoms with Gasteiger partial charge >= 0.3 is 0 Å². The van der Waals surface area contributed by atoms with Crippen molar-refractivity contribution in [2.24, 2.45) is 0 Å². The second kappa shape index (κ2) is 8.77. The van der Waals surface area contributed by atoms with Crippen LogP contribution in [0.5, 0.6) is 11.5 Å². The Kier molecular flexibility index (Phi) is 6.71. The highest BCUT2D eigenvalue weighted by Crippen LogP contribution is 2.37. The van der Waals surface area contributed by atoms with Crippen LogP contribution < -0.4 is 14.8 Å². The largest absolute Gasteiger partial charge is 0.493 e. The van der Waals surface area contributed by atoms with Crippen molar-refractivity contribution in [3.05, 3.63) is 58.1 Å². The van der Waals surface area contributed by atoms with Gasteiger partial charge in [0, 0.05) is 13.1 Å². The van der Waals surface area contributed by atoms with Gasteiger partial charge in [-0.3, -0.25) is 0 Å². The Bertz CT molecular complexity index is 646. The standard InChI is InChI=1S/C18H22ClNO3/c1-13-5-3-4-6-15(13)12-23-18-16(19)9-14(10-17(18)22-2)11-20-7-8-21/h3-6,9-10,20-21H,7-8,11-12H2,1-2H3. The van der Waals surface area contributed by atoms with Crippen LogP contribution in [0.2, 0.25) is 5.02 Å². The molecule has 0 atom stereocenters. The Balaban J connectivity index is 2.13. The Labute approximate surface area is 142 Å². The molecule has 4 nitrogen and oxygen atoms in total. The van der Waals surface area contributed by atoms with E-state index in [0.717, 1.165) is 11.1 Å². The summed E-state index contributed by atoms with van der Waals surface area (Å²) in [6.45, 7) is 3.72. The fourth-order valence-electron chi connectivity index (χ4n) is 2.25. The maximum atomic E-state index is 8.81. The molecule has 2 aromatic rings. The summed E-state index contributed by atoms with van der Waals surface area (Å²) in [5.41, 5.74) is 3.26. The van der Waals surface area contributed by atoms with Gasteiger partial charge in [0.25, 0.3) is 0 Å². The number of rotatable bonds is 8. The normalized spacial score (nSPS) is 10.6. The number of hydrogen-bond acceptors (Lipinski definition) is 4. The highest BCUT2D eigenvalue weighted by molar-refractivity contribution is 6.32. The molecule has 0 aliphatic heterocycles. The number of aliphatic hydroxyl groups excluding tert-OH is 1. The number of hydrogen-bond donors (Lipinski definition) is 2. The van der Waals surface area contributed by atoms with Crippen molar-refractivity contribution in [3.8, 4) is 11.5 Å². The fraction of sp³-hybridized carbons (Fsp3) is 0.333. The molecular weight excluding hydrogens is 314 g/mol. The van der Waals surface area contributed by atoms with Crippen LogP contribution in [-0.2, 0) is 13.2 Å². The van der Waals surface area contributed by atoms with Crippen LogP contribution in [-0.4, -0.2) is 25.4 Å². The lowest BCUT2D eigenvalue weighted by Crippen LogP contribution is -2.17. The van der Waals surface area contributed by atoms with E-state index >= 15 is 0 Å². The summed E-state index contributed by atoms with van der Waals surface area (Å²) in [5.74, 6) is 1.15. The van der Waals surface area contributed by atoms with E-state index in [0.29, 0.717) is 36.2 Å². The minimum atomic E-state index is 0.0997.